The zero-order valence-electron chi connectivity index (χ0n) is 16.6. The Morgan fingerprint density at radius 1 is 1.27 bits per heavy atom. The summed E-state index contributed by atoms with van der Waals surface area (Å²) in [7, 11) is 0. The lowest BCUT2D eigenvalue weighted by molar-refractivity contribution is -0.140. The first kappa shape index (κ1) is 22.3. The van der Waals surface area contributed by atoms with Crippen molar-refractivity contribution in [1.82, 2.24) is 10.2 Å². The third kappa shape index (κ3) is 7.23. The van der Waals surface area contributed by atoms with E-state index in [1.54, 1.807) is 0 Å². The SMILES string of the molecule is CC(=O)CCOC(C)CCNC(=O)CCN1C(=O)CC(C(C)(C)C)C1=O. The Morgan fingerprint density at radius 2 is 1.92 bits per heavy atom. The number of carbonyl (C=O) groups excluding carboxylic acids is 4. The highest BCUT2D eigenvalue weighted by Crippen LogP contribution is 2.35. The molecule has 0 spiro atoms. The molecule has 1 rings (SSSR count). The molecule has 0 aromatic heterocycles. The lowest BCUT2D eigenvalue weighted by Crippen LogP contribution is -2.37. The molecule has 0 aromatic carbocycles. The highest BCUT2D eigenvalue weighted by Gasteiger charge is 2.44. The molecule has 7 heteroatoms. The fraction of sp³-hybridized carbons (Fsp3) is 0.789. The fourth-order valence-corrected chi connectivity index (χ4v) is 2.80. The number of likely N-dealkylation sites (tertiary alicyclic amines) is 1. The summed E-state index contributed by atoms with van der Waals surface area (Å²) in [6, 6.07) is 0. The van der Waals surface area contributed by atoms with Crippen LogP contribution in [0.4, 0.5) is 0 Å². The van der Waals surface area contributed by atoms with E-state index in [0.29, 0.717) is 26.0 Å². The molecule has 1 heterocycles. The van der Waals surface area contributed by atoms with Crippen molar-refractivity contribution in [3.8, 4) is 0 Å². The van der Waals surface area contributed by atoms with E-state index in [2.05, 4.69) is 5.32 Å². The number of amides is 3. The molecule has 2 unspecified atom stereocenters. The monoisotopic (exact) mass is 368 g/mol. The van der Waals surface area contributed by atoms with Crippen molar-refractivity contribution in [1.29, 1.82) is 0 Å². The summed E-state index contributed by atoms with van der Waals surface area (Å²) >= 11 is 0. The molecule has 0 radical (unpaired) electrons. The number of imide groups is 1. The first-order valence-corrected chi connectivity index (χ1v) is 9.24. The second-order valence-corrected chi connectivity index (χ2v) is 8.03. The largest absolute Gasteiger partial charge is 0.378 e. The van der Waals surface area contributed by atoms with Crippen LogP contribution in [0.15, 0.2) is 0 Å². The van der Waals surface area contributed by atoms with Crippen LogP contribution >= 0.6 is 0 Å². The third-order valence-corrected chi connectivity index (χ3v) is 4.58. The van der Waals surface area contributed by atoms with Crippen molar-refractivity contribution in [2.24, 2.45) is 11.3 Å². The minimum Gasteiger partial charge on any atom is -0.378 e. The van der Waals surface area contributed by atoms with Gasteiger partial charge < -0.3 is 10.1 Å². The minimum absolute atomic E-state index is 0.0519. The second kappa shape index (κ2) is 9.80. The van der Waals surface area contributed by atoms with Gasteiger partial charge in [0.1, 0.15) is 5.78 Å². The molecular formula is C19H32N2O5. The van der Waals surface area contributed by atoms with E-state index in [4.69, 9.17) is 4.74 Å². The molecular weight excluding hydrogens is 336 g/mol. The molecule has 0 saturated carbocycles. The van der Waals surface area contributed by atoms with Crippen LogP contribution in [0, 0.1) is 11.3 Å². The summed E-state index contributed by atoms with van der Waals surface area (Å²) in [6.07, 6.45) is 1.30. The Labute approximate surface area is 155 Å². The number of carbonyl (C=O) groups is 4. The standard InChI is InChI=1S/C19H32N2O5/c1-13(22)8-11-26-14(2)6-9-20-16(23)7-10-21-17(24)12-15(18(21)25)19(3,4)5/h14-15H,6-12H2,1-5H3,(H,20,23). The van der Waals surface area contributed by atoms with Crippen LogP contribution in [0.2, 0.25) is 0 Å². The van der Waals surface area contributed by atoms with Gasteiger partial charge in [-0.2, -0.15) is 0 Å². The fourth-order valence-electron chi connectivity index (χ4n) is 2.80. The van der Waals surface area contributed by atoms with Crippen molar-refractivity contribution in [2.45, 2.75) is 66.4 Å². The van der Waals surface area contributed by atoms with Gasteiger partial charge in [-0.05, 0) is 25.7 Å². The molecule has 7 nitrogen and oxygen atoms in total. The summed E-state index contributed by atoms with van der Waals surface area (Å²) in [6.45, 7) is 10.2. The summed E-state index contributed by atoms with van der Waals surface area (Å²) in [4.78, 5) is 48.4. The lowest BCUT2D eigenvalue weighted by atomic mass is 9.80. The van der Waals surface area contributed by atoms with Gasteiger partial charge in [0, 0.05) is 32.4 Å². The summed E-state index contributed by atoms with van der Waals surface area (Å²) in [5, 5.41) is 2.77. The van der Waals surface area contributed by atoms with Crippen LogP contribution in [0.5, 0.6) is 0 Å². The van der Waals surface area contributed by atoms with E-state index in [1.165, 1.54) is 11.8 Å². The van der Waals surface area contributed by atoms with E-state index >= 15 is 0 Å². The number of rotatable bonds is 10. The predicted molar refractivity (Wildman–Crippen MR) is 97.2 cm³/mol. The zero-order chi connectivity index (χ0) is 19.9. The second-order valence-electron chi connectivity index (χ2n) is 8.03. The van der Waals surface area contributed by atoms with Gasteiger partial charge in [-0.1, -0.05) is 20.8 Å². The van der Waals surface area contributed by atoms with Crippen molar-refractivity contribution in [3.63, 3.8) is 0 Å². The smallest absolute Gasteiger partial charge is 0.233 e. The quantitative estimate of drug-likeness (QED) is 0.592. The molecule has 148 valence electrons. The number of hydrogen-bond acceptors (Lipinski definition) is 5. The summed E-state index contributed by atoms with van der Waals surface area (Å²) < 4.78 is 5.48. The molecule has 0 aromatic rings. The van der Waals surface area contributed by atoms with Crippen molar-refractivity contribution in [2.75, 3.05) is 19.7 Å². The highest BCUT2D eigenvalue weighted by molar-refractivity contribution is 6.04. The van der Waals surface area contributed by atoms with E-state index in [0.717, 1.165) is 0 Å². The summed E-state index contributed by atoms with van der Waals surface area (Å²) in [5.41, 5.74) is -0.262. The summed E-state index contributed by atoms with van der Waals surface area (Å²) in [5.74, 6) is -0.796. The third-order valence-electron chi connectivity index (χ3n) is 4.58. The maximum atomic E-state index is 12.4. The number of ether oxygens (including phenoxy) is 1. The lowest BCUT2D eigenvalue weighted by Gasteiger charge is -2.24. The van der Waals surface area contributed by atoms with Gasteiger partial charge >= 0.3 is 0 Å². The first-order valence-electron chi connectivity index (χ1n) is 9.24. The van der Waals surface area contributed by atoms with Gasteiger partial charge in [0.25, 0.3) is 0 Å². The van der Waals surface area contributed by atoms with E-state index < -0.39 is 0 Å². The predicted octanol–water partition coefficient (Wildman–Crippen LogP) is 1.69. The molecule has 0 aliphatic carbocycles. The molecule has 1 N–H and O–H groups in total. The first-order chi connectivity index (χ1) is 12.0. The molecule has 0 bridgehead atoms. The molecule has 1 saturated heterocycles. The average molecular weight is 368 g/mol. The zero-order valence-corrected chi connectivity index (χ0v) is 16.6. The van der Waals surface area contributed by atoms with E-state index in [9.17, 15) is 19.2 Å². The highest BCUT2D eigenvalue weighted by atomic mass is 16.5. The number of Topliss-reactive ketones (excluding diaryl/α,β-unsaturated/α-hetero) is 1. The number of nitrogens with one attached hydrogen (secondary N) is 1. The van der Waals surface area contributed by atoms with Gasteiger partial charge in [0.05, 0.1) is 18.6 Å². The molecule has 2 atom stereocenters. The van der Waals surface area contributed by atoms with Gasteiger partial charge in [0.2, 0.25) is 17.7 Å². The van der Waals surface area contributed by atoms with Crippen molar-refractivity contribution in [3.05, 3.63) is 0 Å². The molecule has 3 amide bonds. The number of hydrogen-bond donors (Lipinski definition) is 1. The van der Waals surface area contributed by atoms with Crippen LogP contribution in [-0.2, 0) is 23.9 Å². The van der Waals surface area contributed by atoms with E-state index in [-0.39, 0.29) is 60.3 Å². The maximum Gasteiger partial charge on any atom is 0.233 e. The van der Waals surface area contributed by atoms with Crippen LogP contribution in [-0.4, -0.2) is 54.2 Å². The Morgan fingerprint density at radius 3 is 2.46 bits per heavy atom. The number of ketones is 1. The Balaban J connectivity index is 2.27. The van der Waals surface area contributed by atoms with Gasteiger partial charge in [-0.3, -0.25) is 24.1 Å². The Bertz CT molecular complexity index is 539. The van der Waals surface area contributed by atoms with Gasteiger partial charge in [-0.25, -0.2) is 0 Å². The Hall–Kier alpha value is -1.76. The van der Waals surface area contributed by atoms with Crippen LogP contribution < -0.4 is 5.32 Å². The normalized spacial score (nSPS) is 19.0. The Kier molecular flexibility index (Phi) is 8.40. The van der Waals surface area contributed by atoms with Crippen molar-refractivity contribution < 1.29 is 23.9 Å². The van der Waals surface area contributed by atoms with Crippen molar-refractivity contribution >= 4 is 23.5 Å². The van der Waals surface area contributed by atoms with Crippen LogP contribution in [0.1, 0.15) is 60.3 Å². The number of nitrogens with zero attached hydrogens (tertiary/aromatic N) is 1. The molecule has 1 aliphatic heterocycles. The average Bonchev–Trinajstić information content (AvgIpc) is 2.79. The van der Waals surface area contributed by atoms with Crippen LogP contribution in [0.3, 0.4) is 0 Å². The van der Waals surface area contributed by atoms with Crippen LogP contribution in [0.25, 0.3) is 0 Å². The topological polar surface area (TPSA) is 92.8 Å². The minimum atomic E-state index is -0.314. The molecule has 1 aliphatic rings. The maximum absolute atomic E-state index is 12.4. The van der Waals surface area contributed by atoms with Gasteiger partial charge in [0.15, 0.2) is 0 Å². The van der Waals surface area contributed by atoms with Gasteiger partial charge in [-0.15, -0.1) is 0 Å². The molecule has 26 heavy (non-hydrogen) atoms. The van der Waals surface area contributed by atoms with E-state index in [1.807, 2.05) is 27.7 Å². The molecule has 1 fully saturated rings.